The van der Waals surface area contributed by atoms with Crippen LogP contribution in [0.3, 0.4) is 0 Å². The predicted molar refractivity (Wildman–Crippen MR) is 91.3 cm³/mol. The molecule has 122 valence electrons. The van der Waals surface area contributed by atoms with E-state index in [9.17, 15) is 4.79 Å². The lowest BCUT2D eigenvalue weighted by Gasteiger charge is -2.09. The molecule has 1 aromatic heterocycles. The van der Waals surface area contributed by atoms with E-state index in [1.165, 1.54) is 12.8 Å². The number of anilines is 1. The zero-order valence-corrected chi connectivity index (χ0v) is 13.4. The van der Waals surface area contributed by atoms with Crippen LogP contribution in [0, 0.1) is 0 Å². The van der Waals surface area contributed by atoms with Crippen molar-refractivity contribution in [3.63, 3.8) is 0 Å². The van der Waals surface area contributed by atoms with Crippen LogP contribution in [0.25, 0.3) is 0 Å². The number of benzene rings is 1. The van der Waals surface area contributed by atoms with Crippen LogP contribution in [-0.2, 0) is 6.54 Å². The first kappa shape index (κ1) is 16.8. The van der Waals surface area contributed by atoms with Gasteiger partial charge in [0.1, 0.15) is 11.6 Å². The SMILES string of the molecule is CCCCCOc1ccc(CNC(=O)c2cccnc2N)cc1. The molecule has 2 aromatic rings. The standard InChI is InChI=1S/C18H23N3O2/c1-2-3-4-12-23-15-9-7-14(8-10-15)13-21-18(22)16-6-5-11-20-17(16)19/h5-11H,2-4,12-13H2,1H3,(H2,19,20)(H,21,22). The number of rotatable bonds is 8. The first-order valence-electron chi connectivity index (χ1n) is 7.91. The van der Waals surface area contributed by atoms with Gasteiger partial charge in [-0.2, -0.15) is 0 Å². The normalized spacial score (nSPS) is 10.3. The number of nitrogens with zero attached hydrogens (tertiary/aromatic N) is 1. The molecule has 0 fully saturated rings. The summed E-state index contributed by atoms with van der Waals surface area (Å²) in [5.41, 5.74) is 7.08. The van der Waals surface area contributed by atoms with Gasteiger partial charge in [0.2, 0.25) is 0 Å². The first-order valence-corrected chi connectivity index (χ1v) is 7.91. The second-order valence-electron chi connectivity index (χ2n) is 5.32. The number of carbonyl (C=O) groups excluding carboxylic acids is 1. The molecule has 23 heavy (non-hydrogen) atoms. The van der Waals surface area contributed by atoms with Gasteiger partial charge in [0, 0.05) is 12.7 Å². The van der Waals surface area contributed by atoms with E-state index in [-0.39, 0.29) is 11.7 Å². The number of nitrogens with two attached hydrogens (primary N) is 1. The topological polar surface area (TPSA) is 77.2 Å². The second kappa shape index (κ2) is 8.78. The molecule has 2 rings (SSSR count). The van der Waals surface area contributed by atoms with Crippen molar-refractivity contribution in [1.29, 1.82) is 0 Å². The van der Waals surface area contributed by atoms with E-state index in [1.807, 2.05) is 24.3 Å². The van der Waals surface area contributed by atoms with Gasteiger partial charge in [-0.25, -0.2) is 4.98 Å². The molecule has 1 amide bonds. The van der Waals surface area contributed by atoms with Crippen molar-refractivity contribution in [2.24, 2.45) is 0 Å². The molecule has 1 aromatic carbocycles. The number of nitrogens with one attached hydrogen (secondary N) is 1. The van der Waals surface area contributed by atoms with Gasteiger partial charge in [-0.1, -0.05) is 31.9 Å². The summed E-state index contributed by atoms with van der Waals surface area (Å²) >= 11 is 0. The van der Waals surface area contributed by atoms with Crippen molar-refractivity contribution >= 4 is 11.7 Å². The molecule has 5 heteroatoms. The van der Waals surface area contributed by atoms with E-state index in [0.29, 0.717) is 12.1 Å². The van der Waals surface area contributed by atoms with E-state index in [0.717, 1.165) is 24.3 Å². The van der Waals surface area contributed by atoms with Crippen molar-refractivity contribution in [3.05, 3.63) is 53.7 Å². The lowest BCUT2D eigenvalue weighted by Crippen LogP contribution is -2.24. The minimum absolute atomic E-state index is 0.226. The molecule has 5 nitrogen and oxygen atoms in total. The average Bonchev–Trinajstić information content (AvgIpc) is 2.58. The molecule has 0 aliphatic carbocycles. The van der Waals surface area contributed by atoms with Gasteiger partial charge in [0.15, 0.2) is 0 Å². The zero-order chi connectivity index (χ0) is 16.5. The fraction of sp³-hybridized carbons (Fsp3) is 0.333. The van der Waals surface area contributed by atoms with Gasteiger partial charge < -0.3 is 15.8 Å². The Morgan fingerprint density at radius 2 is 2.00 bits per heavy atom. The van der Waals surface area contributed by atoms with E-state index in [1.54, 1.807) is 18.3 Å². The van der Waals surface area contributed by atoms with Crippen molar-refractivity contribution in [3.8, 4) is 5.75 Å². The van der Waals surface area contributed by atoms with Gasteiger partial charge in [-0.3, -0.25) is 4.79 Å². The third-order valence-electron chi connectivity index (χ3n) is 3.48. The molecule has 0 atom stereocenters. The van der Waals surface area contributed by atoms with Gasteiger partial charge >= 0.3 is 0 Å². The minimum atomic E-state index is -0.226. The molecule has 0 unspecified atom stereocenters. The molecule has 0 aliphatic rings. The monoisotopic (exact) mass is 313 g/mol. The number of aromatic nitrogens is 1. The lowest BCUT2D eigenvalue weighted by atomic mass is 10.2. The number of amides is 1. The number of carbonyl (C=O) groups is 1. The van der Waals surface area contributed by atoms with Crippen molar-refractivity contribution in [2.75, 3.05) is 12.3 Å². The Bertz CT molecular complexity index is 626. The second-order valence-corrected chi connectivity index (χ2v) is 5.32. The van der Waals surface area contributed by atoms with Crippen LogP contribution in [0.4, 0.5) is 5.82 Å². The fourth-order valence-electron chi connectivity index (χ4n) is 2.13. The van der Waals surface area contributed by atoms with E-state index in [2.05, 4.69) is 17.2 Å². The van der Waals surface area contributed by atoms with E-state index in [4.69, 9.17) is 10.5 Å². The molecule has 0 radical (unpaired) electrons. The Balaban J connectivity index is 1.82. The van der Waals surface area contributed by atoms with E-state index >= 15 is 0 Å². The highest BCUT2D eigenvalue weighted by Crippen LogP contribution is 2.13. The van der Waals surface area contributed by atoms with Crippen molar-refractivity contribution in [1.82, 2.24) is 10.3 Å². The molecular formula is C18H23N3O2. The maximum atomic E-state index is 12.1. The average molecular weight is 313 g/mol. The van der Waals surface area contributed by atoms with Crippen LogP contribution in [-0.4, -0.2) is 17.5 Å². The van der Waals surface area contributed by atoms with Gasteiger partial charge in [0.25, 0.3) is 5.91 Å². The highest BCUT2D eigenvalue weighted by Gasteiger charge is 2.09. The maximum Gasteiger partial charge on any atom is 0.255 e. The third kappa shape index (κ3) is 5.29. The predicted octanol–water partition coefficient (Wildman–Crippen LogP) is 3.16. The van der Waals surface area contributed by atoms with Crippen LogP contribution in [0.2, 0.25) is 0 Å². The Labute approximate surface area is 136 Å². The summed E-state index contributed by atoms with van der Waals surface area (Å²) in [6, 6.07) is 11.1. The van der Waals surface area contributed by atoms with Gasteiger partial charge in [-0.05, 0) is 36.2 Å². The third-order valence-corrected chi connectivity index (χ3v) is 3.48. The maximum absolute atomic E-state index is 12.1. The first-order chi connectivity index (χ1) is 11.2. The Hall–Kier alpha value is -2.56. The number of ether oxygens (including phenoxy) is 1. The van der Waals surface area contributed by atoms with Crippen LogP contribution >= 0.6 is 0 Å². The summed E-state index contributed by atoms with van der Waals surface area (Å²) in [6.45, 7) is 3.34. The minimum Gasteiger partial charge on any atom is -0.494 e. The number of unbranched alkanes of at least 4 members (excludes halogenated alkanes) is 2. The number of pyridine rings is 1. The molecule has 0 saturated heterocycles. The number of nitrogen functional groups attached to an aromatic ring is 1. The van der Waals surface area contributed by atoms with Crippen molar-refractivity contribution < 1.29 is 9.53 Å². The lowest BCUT2D eigenvalue weighted by molar-refractivity contribution is 0.0951. The summed E-state index contributed by atoms with van der Waals surface area (Å²) in [7, 11) is 0. The highest BCUT2D eigenvalue weighted by molar-refractivity contribution is 5.98. The zero-order valence-electron chi connectivity index (χ0n) is 13.4. The number of hydrogen-bond donors (Lipinski definition) is 2. The molecule has 0 saturated carbocycles. The largest absolute Gasteiger partial charge is 0.494 e. The van der Waals surface area contributed by atoms with Crippen LogP contribution in [0.5, 0.6) is 5.75 Å². The quantitative estimate of drug-likeness (QED) is 0.734. The Morgan fingerprint density at radius 3 is 2.70 bits per heavy atom. The molecule has 1 heterocycles. The Kier molecular flexibility index (Phi) is 6.41. The van der Waals surface area contributed by atoms with E-state index < -0.39 is 0 Å². The fourth-order valence-corrected chi connectivity index (χ4v) is 2.13. The molecular weight excluding hydrogens is 290 g/mol. The molecule has 3 N–H and O–H groups in total. The summed E-state index contributed by atoms with van der Waals surface area (Å²) in [5, 5.41) is 2.84. The van der Waals surface area contributed by atoms with Crippen LogP contribution < -0.4 is 15.8 Å². The number of hydrogen-bond acceptors (Lipinski definition) is 4. The Morgan fingerprint density at radius 1 is 1.22 bits per heavy atom. The van der Waals surface area contributed by atoms with Crippen molar-refractivity contribution in [2.45, 2.75) is 32.7 Å². The molecule has 0 aliphatic heterocycles. The summed E-state index contributed by atoms with van der Waals surface area (Å²) in [4.78, 5) is 16.0. The summed E-state index contributed by atoms with van der Waals surface area (Å²) < 4.78 is 5.66. The molecule has 0 bridgehead atoms. The molecule has 0 spiro atoms. The van der Waals surface area contributed by atoms with Crippen LogP contribution in [0.15, 0.2) is 42.6 Å². The summed E-state index contributed by atoms with van der Waals surface area (Å²) in [5.74, 6) is 0.865. The summed E-state index contributed by atoms with van der Waals surface area (Å²) in [6.07, 6.45) is 5.00. The van der Waals surface area contributed by atoms with Gasteiger partial charge in [0.05, 0.1) is 12.2 Å². The smallest absolute Gasteiger partial charge is 0.255 e. The highest BCUT2D eigenvalue weighted by atomic mass is 16.5. The van der Waals surface area contributed by atoms with Crippen LogP contribution in [0.1, 0.15) is 42.1 Å². The van der Waals surface area contributed by atoms with Gasteiger partial charge in [-0.15, -0.1) is 0 Å².